The van der Waals surface area contributed by atoms with E-state index in [1.54, 1.807) is 6.92 Å². The lowest BCUT2D eigenvalue weighted by Gasteiger charge is -2.16. The predicted octanol–water partition coefficient (Wildman–Crippen LogP) is -0.293. The van der Waals surface area contributed by atoms with E-state index in [0.717, 1.165) is 0 Å². The molecule has 8 nitrogen and oxygen atoms in total. The Balaban J connectivity index is 2.87. The summed E-state index contributed by atoms with van der Waals surface area (Å²) >= 11 is 0. The number of rotatable bonds is 6. The molecule has 0 spiro atoms. The molecule has 0 aliphatic heterocycles. The number of likely N-dealkylation sites (N-methyl/N-ethyl adjacent to an activating group) is 1. The van der Waals surface area contributed by atoms with Gasteiger partial charge in [-0.05, 0) is 13.8 Å². The summed E-state index contributed by atoms with van der Waals surface area (Å²) in [5.74, 6) is 6.29. The Hall–Kier alpha value is -2.09. The van der Waals surface area contributed by atoms with Crippen molar-refractivity contribution in [2.24, 2.45) is 5.84 Å². The summed E-state index contributed by atoms with van der Waals surface area (Å²) in [6.45, 7) is 4.15. The number of nitrogens with one attached hydrogen (secondary N) is 3. The Morgan fingerprint density at radius 2 is 2.17 bits per heavy atom. The number of carbonyl (C=O) groups is 1. The molecule has 1 aromatic heterocycles. The van der Waals surface area contributed by atoms with Crippen molar-refractivity contribution < 1.29 is 9.53 Å². The third kappa shape index (κ3) is 3.20. The largest absolute Gasteiger partial charge is 0.490 e. The van der Waals surface area contributed by atoms with Crippen molar-refractivity contribution >= 4 is 17.5 Å². The van der Waals surface area contributed by atoms with Crippen molar-refractivity contribution in [2.75, 3.05) is 24.4 Å². The topological polar surface area (TPSA) is 114 Å². The van der Waals surface area contributed by atoms with E-state index in [1.165, 1.54) is 13.4 Å². The smallest absolute Gasteiger partial charge is 0.242 e. The number of ether oxygens (including phenoxy) is 1. The Kier molecular flexibility index (Phi) is 5.12. The van der Waals surface area contributed by atoms with Gasteiger partial charge >= 0.3 is 0 Å². The number of nitrogens with two attached hydrogens (primary N) is 1. The number of nitrogens with zero attached hydrogens (tertiary/aromatic N) is 2. The Bertz CT molecular complexity index is 411. The molecule has 1 rings (SSSR count). The fourth-order valence-corrected chi connectivity index (χ4v) is 1.37. The van der Waals surface area contributed by atoms with Gasteiger partial charge in [-0.2, -0.15) is 0 Å². The van der Waals surface area contributed by atoms with Crippen LogP contribution in [-0.2, 0) is 4.79 Å². The number of methoxy groups -OCH3 is 1. The normalized spacial score (nSPS) is 11.6. The van der Waals surface area contributed by atoms with Crippen LogP contribution in [0.25, 0.3) is 0 Å². The van der Waals surface area contributed by atoms with Gasteiger partial charge in [-0.3, -0.25) is 4.79 Å². The highest BCUT2D eigenvalue weighted by Gasteiger charge is 2.17. The number of carbonyl (C=O) groups excluding carboxylic acids is 1. The molecule has 1 amide bonds. The van der Waals surface area contributed by atoms with Crippen LogP contribution < -0.4 is 26.6 Å². The van der Waals surface area contributed by atoms with Gasteiger partial charge in [0, 0.05) is 6.54 Å². The molecule has 8 heteroatoms. The fraction of sp³-hybridized carbons (Fsp3) is 0.500. The highest BCUT2D eigenvalue weighted by atomic mass is 16.5. The van der Waals surface area contributed by atoms with Crippen molar-refractivity contribution in [1.29, 1.82) is 0 Å². The molecule has 0 aliphatic carbocycles. The summed E-state index contributed by atoms with van der Waals surface area (Å²) < 4.78 is 5.15. The van der Waals surface area contributed by atoms with Crippen LogP contribution in [0.3, 0.4) is 0 Å². The van der Waals surface area contributed by atoms with E-state index in [1.807, 2.05) is 6.92 Å². The molecule has 0 bridgehead atoms. The first-order valence-electron chi connectivity index (χ1n) is 5.53. The molecule has 0 saturated heterocycles. The minimum absolute atomic E-state index is 0.125. The van der Waals surface area contributed by atoms with Gasteiger partial charge in [0.2, 0.25) is 11.7 Å². The second-order valence-corrected chi connectivity index (χ2v) is 3.51. The third-order valence-electron chi connectivity index (χ3n) is 2.24. The molecule has 0 fully saturated rings. The maximum absolute atomic E-state index is 11.6. The molecule has 1 heterocycles. The maximum atomic E-state index is 11.6. The minimum atomic E-state index is -0.445. The zero-order valence-electron chi connectivity index (χ0n) is 10.7. The first-order chi connectivity index (χ1) is 8.63. The van der Waals surface area contributed by atoms with Crippen molar-refractivity contribution in [1.82, 2.24) is 15.3 Å². The van der Waals surface area contributed by atoms with Crippen LogP contribution in [-0.4, -0.2) is 35.6 Å². The van der Waals surface area contributed by atoms with Gasteiger partial charge < -0.3 is 20.8 Å². The van der Waals surface area contributed by atoms with Gasteiger partial charge in [0.25, 0.3) is 0 Å². The maximum Gasteiger partial charge on any atom is 0.242 e. The van der Waals surface area contributed by atoms with Gasteiger partial charge in [-0.15, -0.1) is 0 Å². The highest BCUT2D eigenvalue weighted by molar-refractivity contribution is 5.84. The molecule has 0 radical (unpaired) electrons. The van der Waals surface area contributed by atoms with Crippen LogP contribution in [0.15, 0.2) is 6.33 Å². The van der Waals surface area contributed by atoms with Gasteiger partial charge in [0.05, 0.1) is 7.11 Å². The number of nitrogen functional groups attached to an aromatic ring is 1. The van der Waals surface area contributed by atoms with Gasteiger partial charge in [-0.1, -0.05) is 0 Å². The van der Waals surface area contributed by atoms with Gasteiger partial charge in [0.15, 0.2) is 11.6 Å². The van der Waals surface area contributed by atoms with E-state index in [2.05, 4.69) is 26.0 Å². The predicted molar refractivity (Wildman–Crippen MR) is 68.2 cm³/mol. The number of hydrazine groups is 1. The van der Waals surface area contributed by atoms with Gasteiger partial charge in [-0.25, -0.2) is 15.8 Å². The van der Waals surface area contributed by atoms with Crippen LogP contribution in [0.2, 0.25) is 0 Å². The first kappa shape index (κ1) is 14.0. The summed E-state index contributed by atoms with van der Waals surface area (Å²) in [5, 5.41) is 5.64. The summed E-state index contributed by atoms with van der Waals surface area (Å²) in [6.07, 6.45) is 1.32. The van der Waals surface area contributed by atoms with Crippen LogP contribution in [0.4, 0.5) is 11.6 Å². The molecule has 1 aromatic rings. The van der Waals surface area contributed by atoms with Crippen LogP contribution in [0.1, 0.15) is 13.8 Å². The highest BCUT2D eigenvalue weighted by Crippen LogP contribution is 2.28. The van der Waals surface area contributed by atoms with E-state index < -0.39 is 6.04 Å². The number of amides is 1. The van der Waals surface area contributed by atoms with Crippen LogP contribution in [0, 0.1) is 0 Å². The van der Waals surface area contributed by atoms with Crippen molar-refractivity contribution in [2.45, 2.75) is 19.9 Å². The van der Waals surface area contributed by atoms with Crippen LogP contribution >= 0.6 is 0 Å². The fourth-order valence-electron chi connectivity index (χ4n) is 1.37. The monoisotopic (exact) mass is 254 g/mol. The minimum Gasteiger partial charge on any atom is -0.490 e. The molecule has 1 unspecified atom stereocenters. The molecule has 0 aromatic carbocycles. The number of aromatic nitrogens is 2. The number of hydrogen-bond acceptors (Lipinski definition) is 7. The summed E-state index contributed by atoms with van der Waals surface area (Å²) in [4.78, 5) is 19.5. The van der Waals surface area contributed by atoms with Crippen molar-refractivity contribution in [3.05, 3.63) is 6.33 Å². The van der Waals surface area contributed by atoms with E-state index in [-0.39, 0.29) is 5.91 Å². The van der Waals surface area contributed by atoms with E-state index >= 15 is 0 Å². The zero-order chi connectivity index (χ0) is 13.5. The molecule has 0 aliphatic rings. The zero-order valence-corrected chi connectivity index (χ0v) is 10.7. The second-order valence-electron chi connectivity index (χ2n) is 3.51. The lowest BCUT2D eigenvalue weighted by atomic mass is 10.3. The van der Waals surface area contributed by atoms with E-state index in [9.17, 15) is 4.79 Å². The van der Waals surface area contributed by atoms with Crippen LogP contribution in [0.5, 0.6) is 5.75 Å². The van der Waals surface area contributed by atoms with Crippen molar-refractivity contribution in [3.8, 4) is 5.75 Å². The summed E-state index contributed by atoms with van der Waals surface area (Å²) in [7, 11) is 1.47. The first-order valence-corrected chi connectivity index (χ1v) is 5.53. The quantitative estimate of drug-likeness (QED) is 0.407. The number of hydrogen-bond donors (Lipinski definition) is 4. The second kappa shape index (κ2) is 6.60. The molecular weight excluding hydrogens is 236 g/mol. The Morgan fingerprint density at radius 3 is 2.72 bits per heavy atom. The molecule has 5 N–H and O–H groups in total. The van der Waals surface area contributed by atoms with Gasteiger partial charge in [0.1, 0.15) is 12.4 Å². The lowest BCUT2D eigenvalue weighted by molar-refractivity contribution is -0.121. The third-order valence-corrected chi connectivity index (χ3v) is 2.24. The standard InChI is InChI=1S/C10H18N6O2/c1-4-12-10(17)6(2)15-8-7(18-3)9(16-11)14-5-13-8/h5-6H,4,11H2,1-3H3,(H,12,17)(H2,13,14,15,16). The molecule has 0 saturated carbocycles. The average molecular weight is 254 g/mol. The van der Waals surface area contributed by atoms with E-state index in [4.69, 9.17) is 10.6 Å². The average Bonchev–Trinajstić information content (AvgIpc) is 2.38. The molecule has 18 heavy (non-hydrogen) atoms. The SMILES string of the molecule is CCNC(=O)C(C)Nc1ncnc(NN)c1OC. The van der Waals surface area contributed by atoms with E-state index in [0.29, 0.717) is 23.9 Å². The molecular formula is C10H18N6O2. The summed E-state index contributed by atoms with van der Waals surface area (Å²) in [5.41, 5.74) is 2.40. The van der Waals surface area contributed by atoms with Crippen molar-refractivity contribution in [3.63, 3.8) is 0 Å². The Morgan fingerprint density at radius 1 is 1.50 bits per heavy atom. The number of anilines is 2. The molecule has 100 valence electrons. The molecule has 1 atom stereocenters. The Labute approximate surface area is 105 Å². The summed E-state index contributed by atoms with van der Waals surface area (Å²) in [6, 6.07) is -0.445. The lowest BCUT2D eigenvalue weighted by Crippen LogP contribution is -2.37.